The number of halogens is 1. The second kappa shape index (κ2) is 8.23. The van der Waals surface area contributed by atoms with Crippen LogP contribution in [-0.4, -0.2) is 25.9 Å². The predicted molar refractivity (Wildman–Crippen MR) is 106 cm³/mol. The van der Waals surface area contributed by atoms with E-state index in [0.717, 1.165) is 11.3 Å². The molecule has 0 bridgehead atoms. The van der Waals surface area contributed by atoms with Crippen LogP contribution in [0.3, 0.4) is 0 Å². The topological polar surface area (TPSA) is 61.4 Å². The Hall–Kier alpha value is -2.53. The summed E-state index contributed by atoms with van der Waals surface area (Å²) in [5.74, 6) is -0.696. The van der Waals surface area contributed by atoms with E-state index in [1.54, 1.807) is 26.0 Å². The number of nitrogens with one attached hydrogen (secondary N) is 2. The largest absolute Gasteiger partial charge is 0.378 e. The van der Waals surface area contributed by atoms with Crippen molar-refractivity contribution in [3.8, 4) is 0 Å². The van der Waals surface area contributed by atoms with Crippen molar-refractivity contribution >= 4 is 34.8 Å². The average molecular weight is 374 g/mol. The van der Waals surface area contributed by atoms with Crippen molar-refractivity contribution in [2.24, 2.45) is 5.41 Å². The van der Waals surface area contributed by atoms with Gasteiger partial charge < -0.3 is 15.5 Å². The monoisotopic (exact) mass is 373 g/mol. The Morgan fingerprint density at radius 2 is 1.54 bits per heavy atom. The maximum atomic E-state index is 12.6. The molecule has 0 atom stereocenters. The number of hydrogen-bond donors (Lipinski definition) is 2. The zero-order valence-corrected chi connectivity index (χ0v) is 16.2. The molecule has 2 aromatic rings. The molecule has 2 aromatic carbocycles. The van der Waals surface area contributed by atoms with Crippen LogP contribution in [0, 0.1) is 5.41 Å². The normalized spacial score (nSPS) is 11.0. The van der Waals surface area contributed by atoms with Crippen molar-refractivity contribution < 1.29 is 9.59 Å². The Balaban J connectivity index is 1.96. The third kappa shape index (κ3) is 4.99. The van der Waals surface area contributed by atoms with Crippen LogP contribution in [0.15, 0.2) is 48.5 Å². The Kier molecular flexibility index (Phi) is 6.27. The fraction of sp³-hybridized carbons (Fsp3) is 0.300. The number of amides is 2. The van der Waals surface area contributed by atoms with E-state index in [-0.39, 0.29) is 11.8 Å². The quantitative estimate of drug-likeness (QED) is 0.759. The lowest BCUT2D eigenvalue weighted by Gasteiger charge is -2.23. The SMILES string of the molecule is CN(C)c1ccc(NC(=O)C(C)(C)C(=O)NCc2ccc(Cl)cc2)cc1. The fourth-order valence-electron chi connectivity index (χ4n) is 2.24. The minimum Gasteiger partial charge on any atom is -0.378 e. The lowest BCUT2D eigenvalue weighted by Crippen LogP contribution is -2.44. The summed E-state index contributed by atoms with van der Waals surface area (Å²) in [6.07, 6.45) is 0. The average Bonchev–Trinajstić information content (AvgIpc) is 2.61. The minimum absolute atomic E-state index is 0.338. The van der Waals surface area contributed by atoms with E-state index in [4.69, 9.17) is 11.6 Å². The first-order chi connectivity index (χ1) is 12.2. The van der Waals surface area contributed by atoms with Gasteiger partial charge in [0.05, 0.1) is 0 Å². The zero-order chi connectivity index (χ0) is 19.3. The first-order valence-electron chi connectivity index (χ1n) is 8.32. The first-order valence-corrected chi connectivity index (χ1v) is 8.69. The Bertz CT molecular complexity index is 769. The smallest absolute Gasteiger partial charge is 0.239 e. The van der Waals surface area contributed by atoms with Crippen LogP contribution in [-0.2, 0) is 16.1 Å². The number of carbonyl (C=O) groups excluding carboxylic acids is 2. The lowest BCUT2D eigenvalue weighted by molar-refractivity contribution is -0.138. The van der Waals surface area contributed by atoms with Gasteiger partial charge in [0, 0.05) is 37.0 Å². The molecule has 26 heavy (non-hydrogen) atoms. The summed E-state index contributed by atoms with van der Waals surface area (Å²) in [6.45, 7) is 3.55. The lowest BCUT2D eigenvalue weighted by atomic mass is 9.90. The number of nitrogens with zero attached hydrogens (tertiary/aromatic N) is 1. The molecule has 2 rings (SSSR count). The molecule has 0 fully saturated rings. The highest BCUT2D eigenvalue weighted by Gasteiger charge is 2.35. The molecule has 0 aliphatic carbocycles. The molecule has 0 saturated carbocycles. The molecule has 6 heteroatoms. The molecule has 138 valence electrons. The van der Waals surface area contributed by atoms with Gasteiger partial charge in [0.1, 0.15) is 5.41 Å². The molecule has 0 unspecified atom stereocenters. The van der Waals surface area contributed by atoms with Crippen LogP contribution < -0.4 is 15.5 Å². The highest BCUT2D eigenvalue weighted by Crippen LogP contribution is 2.21. The molecule has 0 heterocycles. The fourth-order valence-corrected chi connectivity index (χ4v) is 2.36. The molecular weight excluding hydrogens is 350 g/mol. The summed E-state index contributed by atoms with van der Waals surface area (Å²) in [5, 5.41) is 6.24. The van der Waals surface area contributed by atoms with Crippen LogP contribution in [0.1, 0.15) is 19.4 Å². The van der Waals surface area contributed by atoms with E-state index < -0.39 is 5.41 Å². The molecule has 0 spiro atoms. The molecule has 2 N–H and O–H groups in total. The van der Waals surface area contributed by atoms with Gasteiger partial charge in [-0.25, -0.2) is 0 Å². The van der Waals surface area contributed by atoms with Crippen molar-refractivity contribution in [1.82, 2.24) is 5.32 Å². The van der Waals surface area contributed by atoms with E-state index in [9.17, 15) is 9.59 Å². The van der Waals surface area contributed by atoms with Crippen molar-refractivity contribution in [3.63, 3.8) is 0 Å². The molecule has 0 aliphatic heterocycles. The van der Waals surface area contributed by atoms with Gasteiger partial charge >= 0.3 is 0 Å². The Morgan fingerprint density at radius 3 is 2.08 bits per heavy atom. The Morgan fingerprint density at radius 1 is 0.962 bits per heavy atom. The van der Waals surface area contributed by atoms with Gasteiger partial charge in [-0.15, -0.1) is 0 Å². The number of rotatable bonds is 6. The molecule has 0 radical (unpaired) electrons. The molecule has 5 nitrogen and oxygen atoms in total. The second-order valence-corrected chi connectivity index (χ2v) is 7.27. The van der Waals surface area contributed by atoms with Crippen molar-refractivity contribution in [2.75, 3.05) is 24.3 Å². The molecule has 0 aromatic heterocycles. The van der Waals surface area contributed by atoms with Gasteiger partial charge in [-0.2, -0.15) is 0 Å². The highest BCUT2D eigenvalue weighted by atomic mass is 35.5. The van der Waals surface area contributed by atoms with Crippen LogP contribution in [0.4, 0.5) is 11.4 Å². The van der Waals surface area contributed by atoms with Crippen molar-refractivity contribution in [1.29, 1.82) is 0 Å². The van der Waals surface area contributed by atoms with Crippen LogP contribution in [0.5, 0.6) is 0 Å². The van der Waals surface area contributed by atoms with Gasteiger partial charge in [0.2, 0.25) is 11.8 Å². The van der Waals surface area contributed by atoms with E-state index in [1.165, 1.54) is 0 Å². The van der Waals surface area contributed by atoms with Gasteiger partial charge in [-0.1, -0.05) is 23.7 Å². The summed E-state index contributed by atoms with van der Waals surface area (Å²) in [4.78, 5) is 27.0. The molecule has 2 amide bonds. The summed E-state index contributed by atoms with van der Waals surface area (Å²) in [6, 6.07) is 14.6. The number of benzene rings is 2. The third-order valence-electron chi connectivity index (χ3n) is 4.14. The van der Waals surface area contributed by atoms with Crippen molar-refractivity contribution in [3.05, 3.63) is 59.1 Å². The first kappa shape index (κ1) is 19.8. The van der Waals surface area contributed by atoms with Crippen LogP contribution in [0.25, 0.3) is 0 Å². The third-order valence-corrected chi connectivity index (χ3v) is 4.40. The van der Waals surface area contributed by atoms with Gasteiger partial charge in [0.25, 0.3) is 0 Å². The zero-order valence-electron chi connectivity index (χ0n) is 15.5. The minimum atomic E-state index is -1.20. The molecule has 0 aliphatic rings. The van der Waals surface area contributed by atoms with Gasteiger partial charge in [-0.05, 0) is 55.8 Å². The number of hydrogen-bond acceptors (Lipinski definition) is 3. The van der Waals surface area contributed by atoms with E-state index in [0.29, 0.717) is 17.3 Å². The summed E-state index contributed by atoms with van der Waals surface area (Å²) < 4.78 is 0. The highest BCUT2D eigenvalue weighted by molar-refractivity contribution is 6.30. The standard InChI is InChI=1S/C20H24ClN3O2/c1-20(2,18(25)22-13-14-5-7-15(21)8-6-14)19(26)23-16-9-11-17(12-10-16)24(3)4/h5-12H,13H2,1-4H3,(H,22,25)(H,23,26). The maximum absolute atomic E-state index is 12.6. The summed E-state index contributed by atoms with van der Waals surface area (Å²) >= 11 is 5.85. The number of carbonyl (C=O) groups is 2. The number of anilines is 2. The Labute approximate surface area is 159 Å². The molecular formula is C20H24ClN3O2. The summed E-state index contributed by atoms with van der Waals surface area (Å²) in [5.41, 5.74) is 1.40. The molecule has 0 saturated heterocycles. The van der Waals surface area contributed by atoms with Crippen molar-refractivity contribution in [2.45, 2.75) is 20.4 Å². The summed E-state index contributed by atoms with van der Waals surface area (Å²) in [7, 11) is 3.89. The van der Waals surface area contributed by atoms with Crippen LogP contribution in [0.2, 0.25) is 5.02 Å². The van der Waals surface area contributed by atoms with E-state index in [1.807, 2.05) is 55.4 Å². The predicted octanol–water partition coefficient (Wildman–Crippen LogP) is 3.69. The van der Waals surface area contributed by atoms with Gasteiger partial charge in [-0.3, -0.25) is 9.59 Å². The van der Waals surface area contributed by atoms with E-state index >= 15 is 0 Å². The van der Waals surface area contributed by atoms with E-state index in [2.05, 4.69) is 10.6 Å². The second-order valence-electron chi connectivity index (χ2n) is 6.83. The maximum Gasteiger partial charge on any atom is 0.239 e. The van der Waals surface area contributed by atoms with Crippen LogP contribution >= 0.6 is 11.6 Å². The van der Waals surface area contributed by atoms with Gasteiger partial charge in [0.15, 0.2) is 0 Å².